The summed E-state index contributed by atoms with van der Waals surface area (Å²) in [5.74, 6) is 1.38. The molecule has 1 amide bonds. The molecule has 0 saturated heterocycles. The van der Waals surface area contributed by atoms with E-state index >= 15 is 0 Å². The molecular weight excluding hydrogens is 350 g/mol. The molecule has 1 aromatic heterocycles. The fourth-order valence-corrected chi connectivity index (χ4v) is 3.77. The fourth-order valence-electron chi connectivity index (χ4n) is 3.20. The van der Waals surface area contributed by atoms with E-state index in [1.54, 1.807) is 7.11 Å². The number of thioether (sulfide) groups is 1. The standard InChI is InChI=1S/C19H25N3O3S/c1-24-16-12-8-7-11-15(16)18-21-22-19(25-18)26-13-17(23)20-14-9-5-3-2-4-6-10-14/h7-8,11-12,14H,2-6,9-10,13H2,1H3,(H,20,23). The van der Waals surface area contributed by atoms with E-state index in [9.17, 15) is 4.79 Å². The summed E-state index contributed by atoms with van der Waals surface area (Å²) in [5.41, 5.74) is 0.744. The van der Waals surface area contributed by atoms with Crippen molar-refractivity contribution < 1.29 is 13.9 Å². The smallest absolute Gasteiger partial charge is 0.277 e. The van der Waals surface area contributed by atoms with Crippen LogP contribution in [0.4, 0.5) is 0 Å². The quantitative estimate of drug-likeness (QED) is 0.767. The molecule has 0 radical (unpaired) electrons. The van der Waals surface area contributed by atoms with Crippen LogP contribution in [0, 0.1) is 0 Å². The van der Waals surface area contributed by atoms with Crippen LogP contribution in [0.1, 0.15) is 44.9 Å². The number of hydrogen-bond donors (Lipinski definition) is 1. The Morgan fingerprint density at radius 1 is 1.19 bits per heavy atom. The van der Waals surface area contributed by atoms with Gasteiger partial charge in [-0.15, -0.1) is 10.2 Å². The van der Waals surface area contributed by atoms with E-state index in [2.05, 4.69) is 15.5 Å². The van der Waals surface area contributed by atoms with Crippen molar-refractivity contribution in [2.75, 3.05) is 12.9 Å². The molecule has 1 saturated carbocycles. The third kappa shape index (κ3) is 5.24. The maximum atomic E-state index is 12.2. The molecule has 1 N–H and O–H groups in total. The molecule has 140 valence electrons. The number of nitrogens with zero attached hydrogens (tertiary/aromatic N) is 2. The van der Waals surface area contributed by atoms with Crippen LogP contribution in [-0.2, 0) is 4.79 Å². The highest BCUT2D eigenvalue weighted by atomic mass is 32.2. The second kappa shape index (κ2) is 9.62. The van der Waals surface area contributed by atoms with Crippen molar-refractivity contribution in [1.82, 2.24) is 15.5 Å². The number of benzene rings is 1. The van der Waals surface area contributed by atoms with Crippen LogP contribution in [0.25, 0.3) is 11.5 Å². The minimum absolute atomic E-state index is 0.0256. The maximum absolute atomic E-state index is 12.2. The number of hydrogen-bond acceptors (Lipinski definition) is 6. The van der Waals surface area contributed by atoms with Gasteiger partial charge in [0, 0.05) is 6.04 Å². The van der Waals surface area contributed by atoms with Crippen molar-refractivity contribution >= 4 is 17.7 Å². The molecule has 3 rings (SSSR count). The summed E-state index contributed by atoms with van der Waals surface area (Å²) in [6.45, 7) is 0. The molecule has 1 heterocycles. The Kier molecular flexibility index (Phi) is 6.94. The zero-order valence-corrected chi connectivity index (χ0v) is 15.9. The Hall–Kier alpha value is -2.02. The van der Waals surface area contributed by atoms with Gasteiger partial charge in [0.25, 0.3) is 11.1 Å². The van der Waals surface area contributed by atoms with E-state index in [-0.39, 0.29) is 11.7 Å². The summed E-state index contributed by atoms with van der Waals surface area (Å²) in [6.07, 6.45) is 8.42. The van der Waals surface area contributed by atoms with E-state index in [1.807, 2.05) is 24.3 Å². The van der Waals surface area contributed by atoms with E-state index in [1.165, 1.54) is 43.9 Å². The van der Waals surface area contributed by atoms with E-state index in [4.69, 9.17) is 9.15 Å². The molecule has 26 heavy (non-hydrogen) atoms. The first kappa shape index (κ1) is 18.8. The Bertz CT molecular complexity index is 712. The first-order valence-corrected chi connectivity index (χ1v) is 10.1. The molecule has 0 bridgehead atoms. The lowest BCUT2D eigenvalue weighted by Crippen LogP contribution is -2.36. The minimum atomic E-state index is 0.0256. The molecule has 0 atom stereocenters. The van der Waals surface area contributed by atoms with E-state index in [0.717, 1.165) is 18.4 Å². The number of nitrogens with one attached hydrogen (secondary N) is 1. The van der Waals surface area contributed by atoms with Crippen LogP contribution in [0.15, 0.2) is 33.9 Å². The van der Waals surface area contributed by atoms with Crippen molar-refractivity contribution in [3.8, 4) is 17.2 Å². The molecule has 2 aromatic rings. The van der Waals surface area contributed by atoms with Crippen molar-refractivity contribution in [3.63, 3.8) is 0 Å². The maximum Gasteiger partial charge on any atom is 0.277 e. The van der Waals surface area contributed by atoms with Gasteiger partial charge in [0.2, 0.25) is 5.91 Å². The van der Waals surface area contributed by atoms with Gasteiger partial charge >= 0.3 is 0 Å². The van der Waals surface area contributed by atoms with E-state index in [0.29, 0.717) is 22.9 Å². The van der Waals surface area contributed by atoms with Crippen LogP contribution in [0.3, 0.4) is 0 Å². The van der Waals surface area contributed by atoms with Gasteiger partial charge in [0.1, 0.15) is 5.75 Å². The first-order valence-electron chi connectivity index (χ1n) is 9.15. The zero-order valence-electron chi connectivity index (χ0n) is 15.1. The van der Waals surface area contributed by atoms with Crippen molar-refractivity contribution in [3.05, 3.63) is 24.3 Å². The number of carbonyl (C=O) groups is 1. The van der Waals surface area contributed by atoms with Crippen LogP contribution in [-0.4, -0.2) is 35.0 Å². The Balaban J connectivity index is 1.52. The molecule has 0 aliphatic heterocycles. The zero-order chi connectivity index (χ0) is 18.2. The summed E-state index contributed by atoms with van der Waals surface area (Å²) >= 11 is 1.26. The highest BCUT2D eigenvalue weighted by molar-refractivity contribution is 7.99. The first-order chi connectivity index (χ1) is 12.8. The largest absolute Gasteiger partial charge is 0.496 e. The number of rotatable bonds is 6. The third-order valence-electron chi connectivity index (χ3n) is 4.54. The summed E-state index contributed by atoms with van der Waals surface area (Å²) in [7, 11) is 1.60. The predicted molar refractivity (Wildman–Crippen MR) is 101 cm³/mol. The van der Waals surface area contributed by atoms with E-state index < -0.39 is 0 Å². The van der Waals surface area contributed by atoms with Gasteiger partial charge in [0.15, 0.2) is 0 Å². The SMILES string of the molecule is COc1ccccc1-c1nnc(SCC(=O)NC2CCCCCCC2)o1. The Morgan fingerprint density at radius 2 is 1.92 bits per heavy atom. The molecule has 1 aliphatic rings. The molecule has 6 nitrogen and oxygen atoms in total. The Labute approximate surface area is 158 Å². The fraction of sp³-hybridized carbons (Fsp3) is 0.526. The summed E-state index contributed by atoms with van der Waals surface area (Å²) in [4.78, 5) is 12.2. The van der Waals surface area contributed by atoms with Crippen molar-refractivity contribution in [1.29, 1.82) is 0 Å². The minimum Gasteiger partial charge on any atom is -0.496 e. The van der Waals surface area contributed by atoms with Gasteiger partial charge in [-0.2, -0.15) is 0 Å². The highest BCUT2D eigenvalue weighted by Gasteiger charge is 2.17. The average Bonchev–Trinajstić information content (AvgIpc) is 3.11. The van der Waals surface area contributed by atoms with Gasteiger partial charge in [-0.3, -0.25) is 4.79 Å². The van der Waals surface area contributed by atoms with Crippen LogP contribution >= 0.6 is 11.8 Å². The van der Waals surface area contributed by atoms with Crippen LogP contribution < -0.4 is 10.1 Å². The molecule has 1 aliphatic carbocycles. The lowest BCUT2D eigenvalue weighted by molar-refractivity contribution is -0.119. The Morgan fingerprint density at radius 3 is 2.69 bits per heavy atom. The number of amides is 1. The summed E-state index contributed by atoms with van der Waals surface area (Å²) < 4.78 is 11.0. The number of para-hydroxylation sites is 1. The molecule has 1 aromatic carbocycles. The predicted octanol–water partition coefficient (Wildman–Crippen LogP) is 4.07. The molecule has 7 heteroatoms. The van der Waals surface area contributed by atoms with Crippen LogP contribution in [0.5, 0.6) is 5.75 Å². The highest BCUT2D eigenvalue weighted by Crippen LogP contribution is 2.30. The molecule has 1 fully saturated rings. The lowest BCUT2D eigenvalue weighted by atomic mass is 9.97. The average molecular weight is 375 g/mol. The van der Waals surface area contributed by atoms with Crippen molar-refractivity contribution in [2.24, 2.45) is 0 Å². The number of carbonyl (C=O) groups excluding carboxylic acids is 1. The van der Waals surface area contributed by atoms with Gasteiger partial charge in [-0.25, -0.2) is 0 Å². The summed E-state index contributed by atoms with van der Waals surface area (Å²) in [5, 5.41) is 11.6. The third-order valence-corrected chi connectivity index (χ3v) is 5.36. The normalized spacial score (nSPS) is 15.9. The monoisotopic (exact) mass is 375 g/mol. The van der Waals surface area contributed by atoms with Crippen LogP contribution in [0.2, 0.25) is 0 Å². The number of aromatic nitrogens is 2. The number of methoxy groups -OCH3 is 1. The second-order valence-electron chi connectivity index (χ2n) is 6.47. The van der Waals surface area contributed by atoms with Gasteiger partial charge in [0.05, 0.1) is 18.4 Å². The van der Waals surface area contributed by atoms with Gasteiger partial charge in [-0.05, 0) is 25.0 Å². The molecule has 0 unspecified atom stereocenters. The van der Waals surface area contributed by atoms with Gasteiger partial charge in [-0.1, -0.05) is 56.0 Å². The molecule has 0 spiro atoms. The topological polar surface area (TPSA) is 77.2 Å². The summed E-state index contributed by atoms with van der Waals surface area (Å²) in [6, 6.07) is 7.78. The molecular formula is C19H25N3O3S. The lowest BCUT2D eigenvalue weighted by Gasteiger charge is -2.20. The van der Waals surface area contributed by atoms with Crippen molar-refractivity contribution in [2.45, 2.75) is 56.2 Å². The van der Waals surface area contributed by atoms with Gasteiger partial charge < -0.3 is 14.5 Å². The second-order valence-corrected chi connectivity index (χ2v) is 7.40. The number of ether oxygens (including phenoxy) is 1.